The van der Waals surface area contributed by atoms with Crippen LogP contribution >= 0.6 is 0 Å². The van der Waals surface area contributed by atoms with Crippen molar-refractivity contribution >= 4 is 0 Å². The molecular formula is C20H34N2. The Kier molecular flexibility index (Phi) is 7.96. The SMILES string of the molecule is CC(NCCNC1CCCCCCC1)C(C)c1ccccc1. The highest BCUT2D eigenvalue weighted by molar-refractivity contribution is 5.20. The number of hydrogen-bond donors (Lipinski definition) is 2. The van der Waals surface area contributed by atoms with Gasteiger partial charge in [0.2, 0.25) is 0 Å². The molecule has 22 heavy (non-hydrogen) atoms. The van der Waals surface area contributed by atoms with Gasteiger partial charge in [-0.05, 0) is 31.2 Å². The summed E-state index contributed by atoms with van der Waals surface area (Å²) in [4.78, 5) is 0. The second-order valence-corrected chi connectivity index (χ2v) is 6.94. The lowest BCUT2D eigenvalue weighted by Crippen LogP contribution is -2.39. The van der Waals surface area contributed by atoms with E-state index in [1.54, 1.807) is 0 Å². The standard InChI is InChI=1S/C20H34N2/c1-17(19-11-7-6-8-12-19)18(2)21-15-16-22-20-13-9-4-3-5-10-14-20/h6-8,11-12,17-18,20-22H,3-5,9-10,13-16H2,1-2H3. The predicted octanol–water partition coefficient (Wildman–Crippen LogP) is 4.47. The molecule has 0 amide bonds. The van der Waals surface area contributed by atoms with E-state index in [1.807, 2.05) is 0 Å². The van der Waals surface area contributed by atoms with Crippen molar-refractivity contribution in [2.24, 2.45) is 0 Å². The maximum Gasteiger partial charge on any atom is 0.0105 e. The Morgan fingerprint density at radius 3 is 2.23 bits per heavy atom. The molecule has 2 N–H and O–H groups in total. The van der Waals surface area contributed by atoms with Crippen molar-refractivity contribution in [1.29, 1.82) is 0 Å². The molecule has 1 aromatic carbocycles. The molecule has 2 atom stereocenters. The van der Waals surface area contributed by atoms with Crippen molar-refractivity contribution in [2.45, 2.75) is 76.8 Å². The molecule has 1 aromatic rings. The fraction of sp³-hybridized carbons (Fsp3) is 0.700. The normalized spacial score (nSPS) is 20.1. The van der Waals surface area contributed by atoms with Crippen LogP contribution in [0, 0.1) is 0 Å². The van der Waals surface area contributed by atoms with Crippen molar-refractivity contribution < 1.29 is 0 Å². The molecule has 2 heteroatoms. The van der Waals surface area contributed by atoms with E-state index in [4.69, 9.17) is 0 Å². The summed E-state index contributed by atoms with van der Waals surface area (Å²) in [5, 5.41) is 7.45. The Morgan fingerprint density at radius 2 is 1.55 bits per heavy atom. The van der Waals surface area contributed by atoms with Crippen LogP contribution in [-0.2, 0) is 0 Å². The van der Waals surface area contributed by atoms with Crippen LogP contribution in [0.15, 0.2) is 30.3 Å². The van der Waals surface area contributed by atoms with Crippen molar-refractivity contribution in [3.05, 3.63) is 35.9 Å². The number of rotatable bonds is 7. The topological polar surface area (TPSA) is 24.1 Å². The highest BCUT2D eigenvalue weighted by Gasteiger charge is 2.14. The van der Waals surface area contributed by atoms with Gasteiger partial charge in [0, 0.05) is 25.2 Å². The molecule has 0 radical (unpaired) electrons. The molecule has 0 heterocycles. The molecular weight excluding hydrogens is 268 g/mol. The van der Waals surface area contributed by atoms with Crippen LogP contribution in [0.25, 0.3) is 0 Å². The zero-order chi connectivity index (χ0) is 15.6. The van der Waals surface area contributed by atoms with Crippen molar-refractivity contribution in [3.8, 4) is 0 Å². The van der Waals surface area contributed by atoms with E-state index in [0.717, 1.165) is 19.1 Å². The van der Waals surface area contributed by atoms with Crippen LogP contribution in [0.2, 0.25) is 0 Å². The molecule has 2 nitrogen and oxygen atoms in total. The third-order valence-electron chi connectivity index (χ3n) is 5.20. The third-order valence-corrected chi connectivity index (χ3v) is 5.20. The minimum atomic E-state index is 0.515. The highest BCUT2D eigenvalue weighted by atomic mass is 15.0. The van der Waals surface area contributed by atoms with Crippen LogP contribution in [0.3, 0.4) is 0 Å². The number of benzene rings is 1. The third kappa shape index (κ3) is 6.10. The lowest BCUT2D eigenvalue weighted by molar-refractivity contribution is 0.381. The summed E-state index contributed by atoms with van der Waals surface area (Å²) in [6.07, 6.45) is 9.87. The van der Waals surface area contributed by atoms with Gasteiger partial charge in [0.1, 0.15) is 0 Å². The molecule has 124 valence electrons. The molecule has 0 saturated heterocycles. The summed E-state index contributed by atoms with van der Waals surface area (Å²) in [6, 6.07) is 12.1. The molecule has 0 spiro atoms. The van der Waals surface area contributed by atoms with Gasteiger partial charge in [0.15, 0.2) is 0 Å². The van der Waals surface area contributed by atoms with E-state index in [2.05, 4.69) is 54.8 Å². The highest BCUT2D eigenvalue weighted by Crippen LogP contribution is 2.18. The van der Waals surface area contributed by atoms with E-state index < -0.39 is 0 Å². The average Bonchev–Trinajstić information content (AvgIpc) is 2.53. The van der Waals surface area contributed by atoms with Crippen LogP contribution in [-0.4, -0.2) is 25.2 Å². The van der Waals surface area contributed by atoms with Crippen LogP contribution < -0.4 is 10.6 Å². The molecule has 0 aliphatic heterocycles. The van der Waals surface area contributed by atoms with Gasteiger partial charge in [-0.15, -0.1) is 0 Å². The van der Waals surface area contributed by atoms with E-state index in [9.17, 15) is 0 Å². The molecule has 1 saturated carbocycles. The van der Waals surface area contributed by atoms with Crippen molar-refractivity contribution in [3.63, 3.8) is 0 Å². The molecule has 1 aliphatic rings. The monoisotopic (exact) mass is 302 g/mol. The van der Waals surface area contributed by atoms with Gasteiger partial charge < -0.3 is 10.6 Å². The predicted molar refractivity (Wildman–Crippen MR) is 96.4 cm³/mol. The van der Waals surface area contributed by atoms with E-state index in [1.165, 1.54) is 50.5 Å². The first-order valence-corrected chi connectivity index (χ1v) is 9.29. The van der Waals surface area contributed by atoms with E-state index in [-0.39, 0.29) is 0 Å². The summed E-state index contributed by atoms with van der Waals surface area (Å²) < 4.78 is 0. The van der Waals surface area contributed by atoms with Crippen LogP contribution in [0.5, 0.6) is 0 Å². The first-order chi connectivity index (χ1) is 10.8. The molecule has 1 fully saturated rings. The smallest absolute Gasteiger partial charge is 0.0105 e. The minimum absolute atomic E-state index is 0.515. The molecule has 1 aliphatic carbocycles. The Balaban J connectivity index is 1.63. The van der Waals surface area contributed by atoms with Gasteiger partial charge in [-0.3, -0.25) is 0 Å². The first kappa shape index (κ1) is 17.5. The summed E-state index contributed by atoms with van der Waals surface area (Å²) in [7, 11) is 0. The van der Waals surface area contributed by atoms with Gasteiger partial charge in [-0.2, -0.15) is 0 Å². The summed E-state index contributed by atoms with van der Waals surface area (Å²) >= 11 is 0. The maximum absolute atomic E-state index is 3.76. The van der Waals surface area contributed by atoms with Gasteiger partial charge in [0.25, 0.3) is 0 Å². The van der Waals surface area contributed by atoms with Crippen molar-refractivity contribution in [2.75, 3.05) is 13.1 Å². The summed E-state index contributed by atoms with van der Waals surface area (Å²) in [5.41, 5.74) is 1.43. The van der Waals surface area contributed by atoms with E-state index in [0.29, 0.717) is 12.0 Å². The number of hydrogen-bond acceptors (Lipinski definition) is 2. The Morgan fingerprint density at radius 1 is 0.909 bits per heavy atom. The molecule has 0 aromatic heterocycles. The lowest BCUT2D eigenvalue weighted by Gasteiger charge is -2.24. The zero-order valence-electron chi connectivity index (χ0n) is 14.5. The van der Waals surface area contributed by atoms with Gasteiger partial charge in [0.05, 0.1) is 0 Å². The van der Waals surface area contributed by atoms with Gasteiger partial charge in [-0.1, -0.05) is 69.4 Å². The van der Waals surface area contributed by atoms with Crippen molar-refractivity contribution in [1.82, 2.24) is 10.6 Å². The molecule has 2 rings (SSSR count). The Labute approximate surface area is 137 Å². The quantitative estimate of drug-likeness (QED) is 0.726. The fourth-order valence-corrected chi connectivity index (χ4v) is 3.46. The lowest BCUT2D eigenvalue weighted by atomic mass is 9.94. The minimum Gasteiger partial charge on any atom is -0.313 e. The Hall–Kier alpha value is -0.860. The zero-order valence-corrected chi connectivity index (χ0v) is 14.5. The summed E-state index contributed by atoms with van der Waals surface area (Å²) in [6.45, 7) is 6.77. The fourth-order valence-electron chi connectivity index (χ4n) is 3.46. The second kappa shape index (κ2) is 10.0. The molecule has 0 bridgehead atoms. The van der Waals surface area contributed by atoms with Crippen LogP contribution in [0.4, 0.5) is 0 Å². The molecule has 2 unspecified atom stereocenters. The largest absolute Gasteiger partial charge is 0.313 e. The van der Waals surface area contributed by atoms with E-state index >= 15 is 0 Å². The number of nitrogens with one attached hydrogen (secondary N) is 2. The first-order valence-electron chi connectivity index (χ1n) is 9.29. The van der Waals surface area contributed by atoms with Gasteiger partial charge in [-0.25, -0.2) is 0 Å². The van der Waals surface area contributed by atoms with Crippen LogP contribution in [0.1, 0.15) is 70.3 Å². The summed E-state index contributed by atoms with van der Waals surface area (Å²) in [5.74, 6) is 0.558. The Bertz CT molecular complexity index is 382. The maximum atomic E-state index is 3.76. The average molecular weight is 303 g/mol. The van der Waals surface area contributed by atoms with Gasteiger partial charge >= 0.3 is 0 Å². The second-order valence-electron chi connectivity index (χ2n) is 6.94.